The van der Waals surface area contributed by atoms with E-state index in [1.165, 1.54) is 16.7 Å². The Morgan fingerprint density at radius 1 is 1.24 bits per heavy atom. The molecule has 3 aliphatic rings. The van der Waals surface area contributed by atoms with Gasteiger partial charge >= 0.3 is 5.97 Å². The first kappa shape index (κ1) is 23.3. The molecule has 2 fully saturated rings. The van der Waals surface area contributed by atoms with Gasteiger partial charge in [-0.25, -0.2) is 4.79 Å². The molecule has 3 N–H and O–H groups in total. The van der Waals surface area contributed by atoms with Gasteiger partial charge in [0, 0.05) is 10.3 Å². The first-order chi connectivity index (χ1) is 15.7. The maximum Gasteiger partial charge on any atom is 0.330 e. The van der Waals surface area contributed by atoms with Crippen molar-refractivity contribution in [1.82, 2.24) is 10.2 Å². The molecule has 0 radical (unpaired) electrons. The third-order valence-electron chi connectivity index (χ3n) is 6.12. The monoisotopic (exact) mass is 469 g/mol. The number of nitrogens with one attached hydrogen (secondary N) is 1. The van der Waals surface area contributed by atoms with Crippen LogP contribution in [0, 0.1) is 0 Å². The highest BCUT2D eigenvalue weighted by Crippen LogP contribution is 2.51. The van der Waals surface area contributed by atoms with Crippen LogP contribution in [0.3, 0.4) is 0 Å². The van der Waals surface area contributed by atoms with Gasteiger partial charge in [-0.05, 0) is 32.3 Å². The summed E-state index contributed by atoms with van der Waals surface area (Å²) in [5, 5.41) is 2.36. The molecule has 9 heteroatoms. The Labute approximate surface area is 196 Å². The van der Waals surface area contributed by atoms with Crippen molar-refractivity contribution < 1.29 is 23.9 Å². The molecule has 33 heavy (non-hydrogen) atoms. The summed E-state index contributed by atoms with van der Waals surface area (Å²) in [6.45, 7) is 3.29. The molecule has 2 amide bonds. The summed E-state index contributed by atoms with van der Waals surface area (Å²) in [5.74, 6) is -1.71. The third kappa shape index (κ3) is 4.47. The van der Waals surface area contributed by atoms with Crippen LogP contribution in [0.15, 0.2) is 54.1 Å². The van der Waals surface area contributed by atoms with E-state index in [4.69, 9.17) is 10.5 Å². The highest BCUT2D eigenvalue weighted by atomic mass is 32.2. The first-order valence-electron chi connectivity index (χ1n) is 10.9. The smallest absolute Gasteiger partial charge is 0.330 e. The molecule has 2 heterocycles. The van der Waals surface area contributed by atoms with Crippen LogP contribution in [0.1, 0.15) is 37.0 Å². The second-order valence-corrected chi connectivity index (χ2v) is 10.6. The molecule has 0 aromatic heterocycles. The number of allylic oxidation sites excluding steroid dienone is 3. The number of thioether (sulfide) groups is 1. The largest absolute Gasteiger partial charge is 0.456 e. The topological polar surface area (TPSA) is 119 Å². The lowest BCUT2D eigenvalue weighted by Gasteiger charge is -2.44. The van der Waals surface area contributed by atoms with E-state index in [2.05, 4.69) is 5.32 Å². The predicted molar refractivity (Wildman–Crippen MR) is 124 cm³/mol. The van der Waals surface area contributed by atoms with Crippen molar-refractivity contribution in [3.05, 3.63) is 59.7 Å². The molecule has 1 aromatic rings. The van der Waals surface area contributed by atoms with Crippen LogP contribution in [0.2, 0.25) is 0 Å². The first-order valence-corrected chi connectivity index (χ1v) is 11.7. The second-order valence-electron chi connectivity index (χ2n) is 8.81. The minimum Gasteiger partial charge on any atom is -0.456 e. The van der Waals surface area contributed by atoms with Gasteiger partial charge in [0.1, 0.15) is 23.5 Å². The predicted octanol–water partition coefficient (Wildman–Crippen LogP) is 1.56. The maximum absolute atomic E-state index is 12.9. The van der Waals surface area contributed by atoms with Crippen molar-refractivity contribution in [2.24, 2.45) is 5.73 Å². The van der Waals surface area contributed by atoms with Crippen LogP contribution in [0.5, 0.6) is 0 Å². The standard InChI is InChI=1S/C24H27N3O5S/c1-24(2)19(23(31)32-13-16(28)14-9-5-3-6-10-14)27-21(30)18(22(27)33-24)26-20(29)17(25)15-11-7-4-8-12-15/h3-7,9-10,12,17-19,22H,8,11,13,25H2,1-2H3,(H,26,29)/t17?,18-,19+,22-/m1/s1. The van der Waals surface area contributed by atoms with E-state index in [-0.39, 0.29) is 11.7 Å². The van der Waals surface area contributed by atoms with E-state index in [9.17, 15) is 19.2 Å². The summed E-state index contributed by atoms with van der Waals surface area (Å²) in [5.41, 5.74) is 7.37. The molecule has 2 saturated heterocycles. The number of ketones is 1. The fraction of sp³-hybridized carbons (Fsp3) is 0.417. The highest BCUT2D eigenvalue weighted by molar-refractivity contribution is 8.01. The maximum atomic E-state index is 12.9. The van der Waals surface area contributed by atoms with Crippen LogP contribution in [-0.2, 0) is 19.1 Å². The number of β-lactam (4-membered cyclic amide) rings is 1. The molecule has 1 aromatic carbocycles. The zero-order valence-corrected chi connectivity index (χ0v) is 19.3. The average molecular weight is 470 g/mol. The van der Waals surface area contributed by atoms with Crippen molar-refractivity contribution in [3.8, 4) is 0 Å². The quantitative estimate of drug-likeness (QED) is 0.269. The van der Waals surface area contributed by atoms with Crippen molar-refractivity contribution in [2.75, 3.05) is 6.61 Å². The number of carbonyl (C=O) groups excluding carboxylic acids is 4. The van der Waals surface area contributed by atoms with Crippen LogP contribution >= 0.6 is 11.8 Å². The summed E-state index contributed by atoms with van der Waals surface area (Å²) < 4.78 is 4.65. The van der Waals surface area contributed by atoms with Gasteiger partial charge in [0.05, 0.1) is 0 Å². The number of fused-ring (bicyclic) bond motifs is 1. The molecule has 4 atom stereocenters. The highest BCUT2D eigenvalue weighted by Gasteiger charge is 2.64. The van der Waals surface area contributed by atoms with E-state index >= 15 is 0 Å². The van der Waals surface area contributed by atoms with E-state index in [0.717, 1.165) is 12.0 Å². The lowest BCUT2D eigenvalue weighted by atomic mass is 9.95. The SMILES string of the molecule is CC1(C)S[C@@H]2[C@H](NC(=O)C(N)C3=CCC=CC3)C(=O)N2[C@H]1C(=O)OCC(=O)c1ccccc1. The zero-order valence-electron chi connectivity index (χ0n) is 18.5. The molecule has 2 aliphatic heterocycles. The molecule has 0 bridgehead atoms. The van der Waals surface area contributed by atoms with Crippen molar-refractivity contribution in [2.45, 2.75) is 54.9 Å². The second kappa shape index (κ2) is 9.15. The Morgan fingerprint density at radius 2 is 1.97 bits per heavy atom. The number of hydrogen-bond acceptors (Lipinski definition) is 7. The number of amides is 2. The van der Waals surface area contributed by atoms with Gasteiger partial charge in [-0.3, -0.25) is 14.4 Å². The number of Topliss-reactive ketones (excluding diaryl/α,β-unsaturated/α-hetero) is 1. The Morgan fingerprint density at radius 3 is 2.64 bits per heavy atom. The van der Waals surface area contributed by atoms with Gasteiger partial charge in [0.25, 0.3) is 0 Å². The van der Waals surface area contributed by atoms with Crippen LogP contribution in [-0.4, -0.2) is 63.3 Å². The molecule has 4 rings (SSSR count). The fourth-order valence-corrected chi connectivity index (χ4v) is 5.95. The number of esters is 1. The summed E-state index contributed by atoms with van der Waals surface area (Å²) in [6, 6.07) is 6.14. The molecule has 0 spiro atoms. The van der Waals surface area contributed by atoms with Gasteiger partial charge in [-0.2, -0.15) is 0 Å². The van der Waals surface area contributed by atoms with Gasteiger partial charge in [0.15, 0.2) is 12.4 Å². The number of nitrogens with two attached hydrogens (primary N) is 1. The lowest BCUT2D eigenvalue weighted by molar-refractivity contribution is -0.163. The van der Waals surface area contributed by atoms with Crippen LogP contribution in [0.25, 0.3) is 0 Å². The zero-order chi connectivity index (χ0) is 23.8. The van der Waals surface area contributed by atoms with Crippen molar-refractivity contribution in [3.63, 3.8) is 0 Å². The van der Waals surface area contributed by atoms with E-state index in [1.807, 2.05) is 32.1 Å². The molecule has 174 valence electrons. The Hall–Kier alpha value is -2.91. The van der Waals surface area contributed by atoms with Crippen molar-refractivity contribution in [1.29, 1.82) is 0 Å². The average Bonchev–Trinajstić information content (AvgIpc) is 3.08. The molecule has 8 nitrogen and oxygen atoms in total. The molecular formula is C24H27N3O5S. The number of benzene rings is 1. The number of rotatable bonds is 7. The van der Waals surface area contributed by atoms with Gasteiger partial charge in [-0.1, -0.05) is 48.6 Å². The van der Waals surface area contributed by atoms with E-state index < -0.39 is 46.7 Å². The summed E-state index contributed by atoms with van der Waals surface area (Å²) in [4.78, 5) is 52.2. The van der Waals surface area contributed by atoms with Crippen molar-refractivity contribution >= 4 is 35.3 Å². The Kier molecular flexibility index (Phi) is 6.45. The normalized spacial score (nSPS) is 26.0. The lowest BCUT2D eigenvalue weighted by Crippen LogP contribution is -2.71. The molecule has 1 aliphatic carbocycles. The van der Waals surface area contributed by atoms with E-state index in [1.54, 1.807) is 30.3 Å². The molecule has 0 saturated carbocycles. The molecule has 1 unspecified atom stereocenters. The number of ether oxygens (including phenoxy) is 1. The van der Waals surface area contributed by atoms with Gasteiger partial charge in [-0.15, -0.1) is 11.8 Å². The van der Waals surface area contributed by atoms with Crippen LogP contribution < -0.4 is 11.1 Å². The van der Waals surface area contributed by atoms with Gasteiger partial charge in [0.2, 0.25) is 11.8 Å². The fourth-order valence-electron chi connectivity index (χ4n) is 4.33. The number of nitrogens with zero attached hydrogens (tertiary/aromatic N) is 1. The number of carbonyl (C=O) groups is 4. The number of hydrogen-bond donors (Lipinski definition) is 2. The third-order valence-corrected chi connectivity index (χ3v) is 7.69. The van der Waals surface area contributed by atoms with E-state index in [0.29, 0.717) is 12.0 Å². The Balaban J connectivity index is 1.38. The minimum absolute atomic E-state index is 0.315. The summed E-state index contributed by atoms with van der Waals surface area (Å²) in [7, 11) is 0. The molecular weight excluding hydrogens is 442 g/mol. The minimum atomic E-state index is -0.850. The summed E-state index contributed by atoms with van der Waals surface area (Å²) >= 11 is 1.42. The summed E-state index contributed by atoms with van der Waals surface area (Å²) in [6.07, 6.45) is 7.24. The van der Waals surface area contributed by atoms with Gasteiger partial charge < -0.3 is 20.7 Å². The van der Waals surface area contributed by atoms with Crippen LogP contribution in [0.4, 0.5) is 0 Å². The Bertz CT molecular complexity index is 1040.